The molecule has 1 N–H and O–H groups in total. The lowest BCUT2D eigenvalue weighted by atomic mass is 10.2. The Morgan fingerprint density at radius 2 is 1.89 bits per heavy atom. The van der Waals surface area contributed by atoms with Gasteiger partial charge in [-0.1, -0.05) is 0 Å². The number of rotatable bonds is 8. The highest BCUT2D eigenvalue weighted by atomic mass is 16.5. The summed E-state index contributed by atoms with van der Waals surface area (Å²) in [6.45, 7) is 5.54. The number of hydrogen-bond acceptors (Lipinski definition) is 8. The third kappa shape index (κ3) is 4.71. The van der Waals surface area contributed by atoms with Gasteiger partial charge in [0.25, 0.3) is 5.88 Å². The van der Waals surface area contributed by atoms with Crippen LogP contribution in [0.1, 0.15) is 6.92 Å². The molecule has 0 saturated carbocycles. The van der Waals surface area contributed by atoms with Crippen molar-refractivity contribution in [1.29, 1.82) is 0 Å². The van der Waals surface area contributed by atoms with Crippen molar-refractivity contribution in [1.82, 2.24) is 15.3 Å². The first-order valence-corrected chi connectivity index (χ1v) is 8.99. The molecule has 1 saturated heterocycles. The van der Waals surface area contributed by atoms with Crippen molar-refractivity contribution in [3.05, 3.63) is 30.6 Å². The van der Waals surface area contributed by atoms with Crippen LogP contribution in [0.25, 0.3) is 0 Å². The van der Waals surface area contributed by atoms with Gasteiger partial charge in [0.2, 0.25) is 0 Å². The summed E-state index contributed by atoms with van der Waals surface area (Å²) < 4.78 is 22.2. The maximum Gasteiger partial charge on any atom is 0.257 e. The lowest BCUT2D eigenvalue weighted by Crippen LogP contribution is -2.50. The Hall–Kier alpha value is -2.74. The van der Waals surface area contributed by atoms with Gasteiger partial charge in [0.15, 0.2) is 17.3 Å². The fourth-order valence-electron chi connectivity index (χ4n) is 2.96. The zero-order chi connectivity index (χ0) is 19.1. The van der Waals surface area contributed by atoms with Crippen molar-refractivity contribution in [3.8, 4) is 23.1 Å². The Morgan fingerprint density at radius 3 is 2.67 bits per heavy atom. The number of aromatic nitrogens is 2. The van der Waals surface area contributed by atoms with Crippen LogP contribution in [0.5, 0.6) is 23.1 Å². The van der Waals surface area contributed by atoms with Crippen molar-refractivity contribution >= 4 is 5.82 Å². The van der Waals surface area contributed by atoms with Crippen LogP contribution in [-0.4, -0.2) is 63.1 Å². The number of benzene rings is 1. The van der Waals surface area contributed by atoms with Crippen LogP contribution < -0.4 is 29.2 Å². The van der Waals surface area contributed by atoms with E-state index >= 15 is 0 Å². The minimum Gasteiger partial charge on any atom is -0.497 e. The number of anilines is 1. The van der Waals surface area contributed by atoms with Crippen LogP contribution in [-0.2, 0) is 0 Å². The molecule has 1 atom stereocenters. The van der Waals surface area contributed by atoms with E-state index in [1.54, 1.807) is 32.7 Å². The number of nitrogens with one attached hydrogen (secondary N) is 1. The quantitative estimate of drug-likeness (QED) is 0.701. The molecule has 0 radical (unpaired) electrons. The monoisotopic (exact) mass is 374 g/mol. The van der Waals surface area contributed by atoms with Gasteiger partial charge in [0.05, 0.1) is 14.2 Å². The molecule has 2 aromatic rings. The van der Waals surface area contributed by atoms with Crippen LogP contribution in [0.2, 0.25) is 0 Å². The SMILES string of the molecule is COc1ccc(OC)c(OCCOc2nccnc2N2CCNC[C@H]2C)c1. The Bertz CT molecular complexity index is 743. The van der Waals surface area contributed by atoms with E-state index in [9.17, 15) is 0 Å². The van der Waals surface area contributed by atoms with Gasteiger partial charge in [0.1, 0.15) is 19.0 Å². The van der Waals surface area contributed by atoms with E-state index in [4.69, 9.17) is 18.9 Å². The Balaban J connectivity index is 1.60. The summed E-state index contributed by atoms with van der Waals surface area (Å²) in [6, 6.07) is 5.74. The molecule has 27 heavy (non-hydrogen) atoms. The average Bonchev–Trinajstić information content (AvgIpc) is 2.72. The summed E-state index contributed by atoms with van der Waals surface area (Å²) in [5.74, 6) is 3.25. The van der Waals surface area contributed by atoms with Gasteiger partial charge in [-0.3, -0.25) is 0 Å². The van der Waals surface area contributed by atoms with Gasteiger partial charge >= 0.3 is 0 Å². The van der Waals surface area contributed by atoms with Crippen molar-refractivity contribution in [2.24, 2.45) is 0 Å². The summed E-state index contributed by atoms with van der Waals surface area (Å²) in [5, 5.41) is 3.37. The van der Waals surface area contributed by atoms with Gasteiger partial charge < -0.3 is 29.2 Å². The van der Waals surface area contributed by atoms with Crippen molar-refractivity contribution in [3.63, 3.8) is 0 Å². The molecule has 146 valence electrons. The molecular formula is C19H26N4O4. The molecule has 1 aliphatic rings. The minimum absolute atomic E-state index is 0.329. The molecule has 0 aliphatic carbocycles. The third-order valence-electron chi connectivity index (χ3n) is 4.37. The minimum atomic E-state index is 0.329. The molecule has 1 fully saturated rings. The maximum atomic E-state index is 5.86. The number of hydrogen-bond donors (Lipinski definition) is 1. The highest BCUT2D eigenvalue weighted by molar-refractivity contribution is 5.49. The summed E-state index contributed by atoms with van der Waals surface area (Å²) in [7, 11) is 3.22. The fraction of sp³-hybridized carbons (Fsp3) is 0.474. The molecule has 0 unspecified atom stereocenters. The predicted molar refractivity (Wildman–Crippen MR) is 102 cm³/mol. The maximum absolute atomic E-state index is 5.86. The standard InChI is InChI=1S/C19H26N4O4/c1-14-13-20-8-9-23(14)18-19(22-7-6-21-18)27-11-10-26-17-12-15(24-2)4-5-16(17)25-3/h4-7,12,14,20H,8-11,13H2,1-3H3/t14-/m1/s1. The van der Waals surface area contributed by atoms with E-state index in [1.807, 2.05) is 12.1 Å². The Morgan fingerprint density at radius 1 is 1.07 bits per heavy atom. The summed E-state index contributed by atoms with van der Waals surface area (Å²) in [6.07, 6.45) is 3.33. The normalized spacial score (nSPS) is 16.7. The third-order valence-corrected chi connectivity index (χ3v) is 4.37. The van der Waals surface area contributed by atoms with E-state index in [-0.39, 0.29) is 0 Å². The van der Waals surface area contributed by atoms with E-state index in [2.05, 4.69) is 27.1 Å². The smallest absolute Gasteiger partial charge is 0.257 e. The van der Waals surface area contributed by atoms with Gasteiger partial charge in [-0.2, -0.15) is 0 Å². The van der Waals surface area contributed by atoms with E-state index in [1.165, 1.54) is 0 Å². The summed E-state index contributed by atoms with van der Waals surface area (Å²) >= 11 is 0. The molecule has 0 bridgehead atoms. The first-order chi connectivity index (χ1) is 13.2. The predicted octanol–water partition coefficient (Wildman–Crippen LogP) is 1.75. The van der Waals surface area contributed by atoms with E-state index in [0.29, 0.717) is 42.4 Å². The first-order valence-electron chi connectivity index (χ1n) is 8.99. The molecule has 3 rings (SSSR count). The molecule has 1 aromatic carbocycles. The molecule has 1 aromatic heterocycles. The second kappa shape index (κ2) is 9.27. The fourth-order valence-corrected chi connectivity index (χ4v) is 2.96. The van der Waals surface area contributed by atoms with Crippen LogP contribution >= 0.6 is 0 Å². The second-order valence-corrected chi connectivity index (χ2v) is 6.15. The number of ether oxygens (including phenoxy) is 4. The number of methoxy groups -OCH3 is 2. The average molecular weight is 374 g/mol. The van der Waals surface area contributed by atoms with Gasteiger partial charge in [0, 0.05) is 44.1 Å². The highest BCUT2D eigenvalue weighted by Gasteiger charge is 2.23. The van der Waals surface area contributed by atoms with Crippen LogP contribution in [0.4, 0.5) is 5.82 Å². The number of nitrogens with zero attached hydrogens (tertiary/aromatic N) is 3. The molecule has 0 amide bonds. The first kappa shape index (κ1) is 19.0. The summed E-state index contributed by atoms with van der Waals surface area (Å²) in [4.78, 5) is 11.0. The van der Waals surface area contributed by atoms with Gasteiger partial charge in [-0.15, -0.1) is 0 Å². The van der Waals surface area contributed by atoms with Crippen LogP contribution in [0, 0.1) is 0 Å². The van der Waals surface area contributed by atoms with Crippen LogP contribution in [0.15, 0.2) is 30.6 Å². The molecule has 0 spiro atoms. The highest BCUT2D eigenvalue weighted by Crippen LogP contribution is 2.31. The zero-order valence-corrected chi connectivity index (χ0v) is 16.0. The Labute approximate surface area is 159 Å². The molecule has 1 aliphatic heterocycles. The zero-order valence-electron chi connectivity index (χ0n) is 16.0. The second-order valence-electron chi connectivity index (χ2n) is 6.15. The van der Waals surface area contributed by atoms with Crippen molar-refractivity contribution in [2.45, 2.75) is 13.0 Å². The Kier molecular flexibility index (Phi) is 6.54. The van der Waals surface area contributed by atoms with Crippen molar-refractivity contribution < 1.29 is 18.9 Å². The van der Waals surface area contributed by atoms with Crippen LogP contribution in [0.3, 0.4) is 0 Å². The molecule has 8 heteroatoms. The van der Waals surface area contributed by atoms with E-state index in [0.717, 1.165) is 25.5 Å². The largest absolute Gasteiger partial charge is 0.497 e. The molecule has 2 heterocycles. The lowest BCUT2D eigenvalue weighted by Gasteiger charge is -2.35. The molecular weight excluding hydrogens is 348 g/mol. The molecule has 8 nitrogen and oxygen atoms in total. The topological polar surface area (TPSA) is 78.0 Å². The van der Waals surface area contributed by atoms with Gasteiger partial charge in [-0.25, -0.2) is 9.97 Å². The van der Waals surface area contributed by atoms with Gasteiger partial charge in [-0.05, 0) is 19.1 Å². The lowest BCUT2D eigenvalue weighted by molar-refractivity contribution is 0.205. The number of piperazine rings is 1. The van der Waals surface area contributed by atoms with E-state index < -0.39 is 0 Å². The summed E-state index contributed by atoms with van der Waals surface area (Å²) in [5.41, 5.74) is 0. The van der Waals surface area contributed by atoms with Crippen molar-refractivity contribution in [2.75, 3.05) is 52.0 Å².